The van der Waals surface area contributed by atoms with Crippen LogP contribution in [0.3, 0.4) is 0 Å². The molecule has 4 rings (SSSR count). The van der Waals surface area contributed by atoms with Gasteiger partial charge in [-0.05, 0) is 24.1 Å². The fourth-order valence-electron chi connectivity index (χ4n) is 3.73. The average Bonchev–Trinajstić information content (AvgIpc) is 2.88. The summed E-state index contributed by atoms with van der Waals surface area (Å²) in [5.41, 5.74) is 1.69. The van der Waals surface area contributed by atoms with E-state index in [1.54, 1.807) is 36.1 Å². The van der Waals surface area contributed by atoms with Crippen molar-refractivity contribution in [3.63, 3.8) is 0 Å². The highest BCUT2D eigenvalue weighted by Crippen LogP contribution is 2.15. The lowest BCUT2D eigenvalue weighted by molar-refractivity contribution is -0.135. The largest absolute Gasteiger partial charge is 0.451 e. The second-order valence-electron chi connectivity index (χ2n) is 7.81. The normalized spacial score (nSPS) is 10.7. The van der Waals surface area contributed by atoms with Gasteiger partial charge in [-0.15, -0.1) is 0 Å². The zero-order valence-electron chi connectivity index (χ0n) is 18.9. The van der Waals surface area contributed by atoms with Crippen LogP contribution in [0, 0.1) is 0 Å². The Morgan fingerprint density at radius 1 is 0.824 bits per heavy atom. The summed E-state index contributed by atoms with van der Waals surface area (Å²) in [7, 11) is 0. The molecule has 7 nitrogen and oxygen atoms in total. The first-order valence-corrected chi connectivity index (χ1v) is 11.1. The summed E-state index contributed by atoms with van der Waals surface area (Å²) in [6.07, 6.45) is 0. The van der Waals surface area contributed by atoms with Gasteiger partial charge in [0, 0.05) is 25.0 Å². The molecule has 0 N–H and O–H groups in total. The molecule has 172 valence electrons. The Labute approximate surface area is 197 Å². The van der Waals surface area contributed by atoms with Crippen LogP contribution in [0.4, 0.5) is 0 Å². The first-order chi connectivity index (χ1) is 16.6. The number of aromatic nitrogens is 2. The minimum absolute atomic E-state index is 0.0162. The minimum atomic E-state index is -0.744. The van der Waals surface area contributed by atoms with Crippen molar-refractivity contribution >= 4 is 22.6 Å². The zero-order chi connectivity index (χ0) is 23.9. The van der Waals surface area contributed by atoms with Crippen molar-refractivity contribution in [2.24, 2.45) is 0 Å². The van der Waals surface area contributed by atoms with Gasteiger partial charge in [0.15, 0.2) is 12.3 Å². The van der Waals surface area contributed by atoms with Crippen molar-refractivity contribution in [2.75, 3.05) is 6.61 Å². The monoisotopic (exact) mass is 455 g/mol. The van der Waals surface area contributed by atoms with Gasteiger partial charge in [-0.2, -0.15) is 5.10 Å². The quantitative estimate of drug-likeness (QED) is 0.378. The minimum Gasteiger partial charge on any atom is -0.451 e. The third-order valence-corrected chi connectivity index (χ3v) is 5.47. The molecule has 34 heavy (non-hydrogen) atoms. The Bertz CT molecular complexity index is 1310. The topological polar surface area (TPSA) is 81.5 Å². The molecule has 0 unspecified atom stereocenters. The van der Waals surface area contributed by atoms with Crippen LogP contribution < -0.4 is 5.56 Å². The van der Waals surface area contributed by atoms with E-state index in [9.17, 15) is 14.4 Å². The molecule has 0 saturated heterocycles. The van der Waals surface area contributed by atoms with Crippen molar-refractivity contribution in [3.8, 4) is 0 Å². The van der Waals surface area contributed by atoms with Gasteiger partial charge in [-0.3, -0.25) is 9.59 Å². The van der Waals surface area contributed by atoms with E-state index in [0.717, 1.165) is 11.1 Å². The van der Waals surface area contributed by atoms with Gasteiger partial charge in [0.1, 0.15) is 0 Å². The lowest BCUT2D eigenvalue weighted by Crippen LogP contribution is -2.34. The number of hydrogen-bond donors (Lipinski definition) is 0. The smallest absolute Gasteiger partial charge is 0.359 e. The van der Waals surface area contributed by atoms with Crippen molar-refractivity contribution in [1.82, 2.24) is 14.7 Å². The van der Waals surface area contributed by atoms with Crippen LogP contribution in [0.25, 0.3) is 10.8 Å². The van der Waals surface area contributed by atoms with Gasteiger partial charge >= 0.3 is 5.97 Å². The third kappa shape index (κ3) is 5.20. The number of fused-ring (bicyclic) bond motifs is 1. The fourth-order valence-corrected chi connectivity index (χ4v) is 3.73. The summed E-state index contributed by atoms with van der Waals surface area (Å²) in [5.74, 6) is -1.07. The van der Waals surface area contributed by atoms with E-state index >= 15 is 0 Å². The highest BCUT2D eigenvalue weighted by atomic mass is 16.5. The first kappa shape index (κ1) is 22.9. The van der Waals surface area contributed by atoms with Gasteiger partial charge in [-0.1, -0.05) is 78.9 Å². The Morgan fingerprint density at radius 2 is 1.35 bits per heavy atom. The number of carbonyl (C=O) groups is 2. The molecule has 1 heterocycles. The summed E-state index contributed by atoms with van der Waals surface area (Å²) < 4.78 is 6.61. The highest BCUT2D eigenvalue weighted by Gasteiger charge is 2.21. The summed E-state index contributed by atoms with van der Waals surface area (Å²) in [4.78, 5) is 40.2. The van der Waals surface area contributed by atoms with Crippen molar-refractivity contribution < 1.29 is 14.3 Å². The predicted octanol–water partition coefficient (Wildman–Crippen LogP) is 3.80. The Kier molecular flexibility index (Phi) is 7.13. The van der Waals surface area contributed by atoms with Gasteiger partial charge in [0.25, 0.3) is 11.5 Å². The molecular weight excluding hydrogens is 430 g/mol. The second kappa shape index (κ2) is 10.6. The van der Waals surface area contributed by atoms with Crippen LogP contribution in [0.5, 0.6) is 0 Å². The zero-order valence-corrected chi connectivity index (χ0v) is 18.9. The van der Waals surface area contributed by atoms with Gasteiger partial charge in [0.2, 0.25) is 0 Å². The molecule has 0 fully saturated rings. The maximum absolute atomic E-state index is 13.1. The Hall–Kier alpha value is -4.26. The van der Waals surface area contributed by atoms with Gasteiger partial charge in [-0.25, -0.2) is 9.48 Å². The molecule has 0 spiro atoms. The van der Waals surface area contributed by atoms with E-state index in [1.165, 1.54) is 4.68 Å². The number of aryl methyl sites for hydroxylation is 1. The SMILES string of the molecule is CCn1nc(C(=O)OCC(=O)N(Cc2ccccc2)Cc2ccccc2)c2ccccc2c1=O. The van der Waals surface area contributed by atoms with Crippen LogP contribution in [-0.2, 0) is 29.2 Å². The molecule has 3 aromatic carbocycles. The highest BCUT2D eigenvalue weighted by molar-refractivity contribution is 6.02. The van der Waals surface area contributed by atoms with Crippen molar-refractivity contribution in [3.05, 3.63) is 112 Å². The lowest BCUT2D eigenvalue weighted by atomic mass is 10.1. The summed E-state index contributed by atoms with van der Waals surface area (Å²) in [6, 6.07) is 26.0. The van der Waals surface area contributed by atoms with Gasteiger partial charge in [0.05, 0.1) is 5.39 Å². The van der Waals surface area contributed by atoms with Crippen LogP contribution >= 0.6 is 0 Å². The summed E-state index contributed by atoms with van der Waals surface area (Å²) in [6.45, 7) is 2.42. The second-order valence-corrected chi connectivity index (χ2v) is 7.81. The number of esters is 1. The average molecular weight is 456 g/mol. The number of benzene rings is 3. The molecule has 1 amide bonds. The Morgan fingerprint density at radius 3 is 1.91 bits per heavy atom. The van der Waals surface area contributed by atoms with Crippen LogP contribution in [0.2, 0.25) is 0 Å². The number of carbonyl (C=O) groups excluding carboxylic acids is 2. The van der Waals surface area contributed by atoms with Crippen LogP contribution in [0.15, 0.2) is 89.7 Å². The molecule has 0 aliphatic heterocycles. The van der Waals surface area contributed by atoms with Crippen LogP contribution in [0.1, 0.15) is 28.5 Å². The number of nitrogens with zero attached hydrogens (tertiary/aromatic N) is 3. The van der Waals surface area contributed by atoms with E-state index in [-0.39, 0.29) is 17.2 Å². The third-order valence-electron chi connectivity index (χ3n) is 5.47. The number of amides is 1. The van der Waals surface area contributed by atoms with E-state index in [1.807, 2.05) is 60.7 Å². The fraction of sp³-hybridized carbons (Fsp3) is 0.185. The maximum atomic E-state index is 13.1. The molecule has 0 atom stereocenters. The maximum Gasteiger partial charge on any atom is 0.359 e. The molecule has 4 aromatic rings. The molecular formula is C27H25N3O4. The summed E-state index contributed by atoms with van der Waals surface area (Å²) in [5, 5.41) is 4.97. The first-order valence-electron chi connectivity index (χ1n) is 11.1. The van der Waals surface area contributed by atoms with Crippen molar-refractivity contribution in [2.45, 2.75) is 26.6 Å². The van der Waals surface area contributed by atoms with E-state index in [0.29, 0.717) is 30.4 Å². The molecule has 0 saturated carbocycles. The molecule has 1 aromatic heterocycles. The van der Waals surface area contributed by atoms with Crippen molar-refractivity contribution in [1.29, 1.82) is 0 Å². The number of ether oxygens (including phenoxy) is 1. The standard InChI is InChI=1S/C27H25N3O4/c1-2-30-26(32)23-16-10-9-15-22(23)25(28-30)27(33)34-19-24(31)29(17-20-11-5-3-6-12-20)18-21-13-7-4-8-14-21/h3-16H,2,17-19H2,1H3. The molecule has 0 bridgehead atoms. The summed E-state index contributed by atoms with van der Waals surface area (Å²) >= 11 is 0. The Balaban J connectivity index is 1.54. The van der Waals surface area contributed by atoms with E-state index in [2.05, 4.69) is 5.10 Å². The molecule has 0 aliphatic carbocycles. The lowest BCUT2D eigenvalue weighted by Gasteiger charge is -2.23. The van der Waals surface area contributed by atoms with Crippen LogP contribution in [-0.4, -0.2) is 33.2 Å². The van der Waals surface area contributed by atoms with Gasteiger partial charge < -0.3 is 9.64 Å². The number of hydrogen-bond acceptors (Lipinski definition) is 5. The number of rotatable bonds is 8. The molecule has 7 heteroatoms. The molecule has 0 radical (unpaired) electrons. The van der Waals surface area contributed by atoms with E-state index in [4.69, 9.17) is 4.74 Å². The molecule has 0 aliphatic rings. The van der Waals surface area contributed by atoms with E-state index < -0.39 is 12.6 Å². The predicted molar refractivity (Wildman–Crippen MR) is 129 cm³/mol.